The van der Waals surface area contributed by atoms with Crippen molar-refractivity contribution in [2.24, 2.45) is 0 Å². The summed E-state index contributed by atoms with van der Waals surface area (Å²) in [6.45, 7) is 3.34. The van der Waals surface area contributed by atoms with Gasteiger partial charge in [-0.3, -0.25) is 0 Å². The Hall–Kier alpha value is -0.805. The zero-order valence-electron chi connectivity index (χ0n) is 8.92. The van der Waals surface area contributed by atoms with Gasteiger partial charge in [0.25, 0.3) is 0 Å². The molecule has 1 aromatic heterocycles. The number of alkyl halides is 3. The van der Waals surface area contributed by atoms with Crippen LogP contribution in [0, 0.1) is 0 Å². The average molecular weight is 222 g/mol. The first-order chi connectivity index (χ1) is 7.03. The molecule has 0 aliphatic rings. The molecule has 8 heteroatoms. The number of nitrogens with zero attached hydrogens (tertiary/aromatic N) is 2. The van der Waals surface area contributed by atoms with Gasteiger partial charge in [0.1, 0.15) is 5.82 Å². The van der Waals surface area contributed by atoms with Crippen LogP contribution in [0.4, 0.5) is 13.2 Å². The van der Waals surface area contributed by atoms with Gasteiger partial charge >= 0.3 is 6.18 Å². The highest BCUT2D eigenvalue weighted by Crippen LogP contribution is 2.30. The van der Waals surface area contributed by atoms with E-state index in [1.54, 1.807) is 13.8 Å². The topological polar surface area (TPSA) is 17.8 Å². The summed E-state index contributed by atoms with van der Waals surface area (Å²) < 4.78 is 38.2. The summed E-state index contributed by atoms with van der Waals surface area (Å²) in [7, 11) is 16.1. The molecule has 0 saturated heterocycles. The molecule has 80 valence electrons. The Kier molecular flexibility index (Phi) is 3.23. The van der Waals surface area contributed by atoms with Crippen molar-refractivity contribution in [2.45, 2.75) is 31.2 Å². The Labute approximate surface area is 95.8 Å². The Morgan fingerprint density at radius 3 is 2.00 bits per heavy atom. The molecule has 16 heavy (non-hydrogen) atoms. The normalized spacial score (nSPS) is 13.4. The Morgan fingerprint density at radius 1 is 1.25 bits per heavy atom. The molecule has 0 N–H and O–H groups in total. The van der Waals surface area contributed by atoms with Crippen LogP contribution in [0.15, 0.2) is 6.20 Å². The van der Waals surface area contributed by atoms with Crippen LogP contribution in [0.3, 0.4) is 0 Å². The molecular formula is C8H8B3F3N2. The van der Waals surface area contributed by atoms with Crippen molar-refractivity contribution in [3.63, 3.8) is 0 Å². The number of rotatable bonds is 2. The maximum atomic E-state index is 12.4. The van der Waals surface area contributed by atoms with E-state index in [0.717, 1.165) is 10.8 Å². The van der Waals surface area contributed by atoms with E-state index in [1.165, 1.54) is 0 Å². The second-order valence-electron chi connectivity index (χ2n) is 3.89. The fourth-order valence-electron chi connectivity index (χ4n) is 1.25. The van der Waals surface area contributed by atoms with E-state index in [-0.39, 0.29) is 11.7 Å². The third-order valence-corrected chi connectivity index (χ3v) is 1.96. The number of halogens is 3. The highest BCUT2D eigenvalue weighted by Gasteiger charge is 2.36. The molecule has 1 aromatic rings. The minimum absolute atomic E-state index is 0.0971. The lowest BCUT2D eigenvalue weighted by atomic mass is 9.49. The largest absolute Gasteiger partial charge is 0.434 e. The Balaban J connectivity index is 3.32. The molecule has 0 aliphatic heterocycles. The molecule has 0 aromatic carbocycles. The van der Waals surface area contributed by atoms with E-state index < -0.39 is 17.1 Å². The maximum absolute atomic E-state index is 12.4. The quantitative estimate of drug-likeness (QED) is 0.684. The van der Waals surface area contributed by atoms with E-state index in [0.29, 0.717) is 0 Å². The molecule has 0 fully saturated rings. The summed E-state index contributed by atoms with van der Waals surface area (Å²) in [5.41, 5.74) is -1.05. The van der Waals surface area contributed by atoms with Crippen molar-refractivity contribution < 1.29 is 13.2 Å². The number of aromatic nitrogens is 2. The molecule has 2 nitrogen and oxygen atoms in total. The van der Waals surface area contributed by atoms with Gasteiger partial charge < -0.3 is 4.57 Å². The Bertz CT molecular complexity index is 379. The monoisotopic (exact) mass is 222 g/mol. The zero-order chi connectivity index (χ0) is 12.7. The van der Waals surface area contributed by atoms with Crippen LogP contribution < -0.4 is 0 Å². The Morgan fingerprint density at radius 2 is 1.75 bits per heavy atom. The minimum Gasteiger partial charge on any atom is -0.354 e. The molecule has 6 radical (unpaired) electrons. The van der Waals surface area contributed by atoms with Crippen molar-refractivity contribution in [3.8, 4) is 0 Å². The van der Waals surface area contributed by atoms with Gasteiger partial charge in [-0.25, -0.2) is 4.98 Å². The molecule has 1 rings (SSSR count). The molecule has 0 saturated carbocycles. The first kappa shape index (κ1) is 13.3. The van der Waals surface area contributed by atoms with Crippen LogP contribution in [-0.4, -0.2) is 33.1 Å². The van der Waals surface area contributed by atoms with Gasteiger partial charge in [0.2, 0.25) is 0 Å². The molecule has 0 bridgehead atoms. The second-order valence-corrected chi connectivity index (χ2v) is 3.89. The third kappa shape index (κ3) is 2.65. The van der Waals surface area contributed by atoms with Crippen LogP contribution in [0.1, 0.15) is 31.3 Å². The molecule has 0 spiro atoms. The molecule has 1 heterocycles. The number of hydrogen-bond acceptors (Lipinski definition) is 1. The summed E-state index contributed by atoms with van der Waals surface area (Å²) in [5, 5.41) is -1.89. The molecule has 0 amide bonds. The summed E-state index contributed by atoms with van der Waals surface area (Å²) in [4.78, 5) is 3.45. The van der Waals surface area contributed by atoms with Crippen LogP contribution in [0.5, 0.6) is 0 Å². The average Bonchev–Trinajstić information content (AvgIpc) is 2.44. The van der Waals surface area contributed by atoms with Gasteiger partial charge in [-0.2, -0.15) is 13.2 Å². The van der Waals surface area contributed by atoms with Crippen molar-refractivity contribution in [1.29, 1.82) is 0 Å². The van der Waals surface area contributed by atoms with Gasteiger partial charge in [-0.15, -0.1) is 0 Å². The summed E-state index contributed by atoms with van der Waals surface area (Å²) in [5.74, 6) is -0.175. The fourth-order valence-corrected chi connectivity index (χ4v) is 1.25. The van der Waals surface area contributed by atoms with Gasteiger partial charge in [-0.05, 0) is 0 Å². The molecule has 0 aliphatic carbocycles. The van der Waals surface area contributed by atoms with Gasteiger partial charge in [0, 0.05) is 12.1 Å². The minimum atomic E-state index is -4.54. The van der Waals surface area contributed by atoms with E-state index in [9.17, 15) is 13.2 Å². The van der Waals surface area contributed by atoms with Gasteiger partial charge in [0.05, 0.1) is 23.5 Å². The van der Waals surface area contributed by atoms with Crippen LogP contribution in [0.25, 0.3) is 0 Å². The predicted octanol–water partition coefficient (Wildman–Crippen LogP) is 1.10. The van der Waals surface area contributed by atoms with E-state index in [4.69, 9.17) is 23.5 Å². The van der Waals surface area contributed by atoms with Crippen LogP contribution in [-0.2, 0) is 11.4 Å². The smallest absolute Gasteiger partial charge is 0.354 e. The maximum Gasteiger partial charge on any atom is 0.434 e. The van der Waals surface area contributed by atoms with E-state index >= 15 is 0 Å². The predicted molar refractivity (Wildman–Crippen MR) is 56.6 cm³/mol. The zero-order valence-corrected chi connectivity index (χ0v) is 8.92. The van der Waals surface area contributed by atoms with Gasteiger partial charge in [-0.1, -0.05) is 19.1 Å². The highest BCUT2D eigenvalue weighted by molar-refractivity contribution is 6.56. The molecule has 0 atom stereocenters. The fraction of sp³-hybridized carbons (Fsp3) is 0.625. The summed E-state index contributed by atoms with van der Waals surface area (Å²) >= 11 is 0. The van der Waals surface area contributed by atoms with Crippen molar-refractivity contribution in [3.05, 3.63) is 17.7 Å². The first-order valence-corrected chi connectivity index (χ1v) is 4.57. The van der Waals surface area contributed by atoms with Crippen molar-refractivity contribution in [2.75, 3.05) is 0 Å². The summed E-state index contributed by atoms with van der Waals surface area (Å²) in [6, 6.07) is 0. The lowest BCUT2D eigenvalue weighted by Gasteiger charge is -2.26. The van der Waals surface area contributed by atoms with Crippen LogP contribution >= 0.6 is 0 Å². The molecular weight excluding hydrogens is 214 g/mol. The lowest BCUT2D eigenvalue weighted by molar-refractivity contribution is -0.141. The first-order valence-electron chi connectivity index (χ1n) is 4.57. The lowest BCUT2D eigenvalue weighted by Crippen LogP contribution is -2.36. The third-order valence-electron chi connectivity index (χ3n) is 1.96. The van der Waals surface area contributed by atoms with Crippen LogP contribution in [0.2, 0.25) is 0 Å². The molecule has 0 unspecified atom stereocenters. The van der Waals surface area contributed by atoms with E-state index in [1.807, 2.05) is 0 Å². The van der Waals surface area contributed by atoms with E-state index in [2.05, 4.69) is 4.98 Å². The highest BCUT2D eigenvalue weighted by atomic mass is 19.4. The van der Waals surface area contributed by atoms with Crippen molar-refractivity contribution >= 4 is 23.5 Å². The SMILES string of the molecule is [B]C([B])([B])n1cc(C(F)(F)F)nc1C(C)C. The van der Waals surface area contributed by atoms with Crippen molar-refractivity contribution in [1.82, 2.24) is 9.55 Å². The summed E-state index contributed by atoms with van der Waals surface area (Å²) in [6.07, 6.45) is -3.82. The number of hydrogen-bond donors (Lipinski definition) is 0. The standard InChI is InChI=1S/C8H8B3F3N2/c1-4(2)6-15-5(7(12,13)14)3-16(6)8(9,10)11/h3-4H,1-2H3. The van der Waals surface area contributed by atoms with Gasteiger partial charge in [0.15, 0.2) is 5.69 Å². The number of imidazole rings is 1. The second kappa shape index (κ2) is 3.89.